The second kappa shape index (κ2) is 7.69. The van der Waals surface area contributed by atoms with Crippen LogP contribution in [-0.4, -0.2) is 53.8 Å². The van der Waals surface area contributed by atoms with Crippen molar-refractivity contribution in [3.05, 3.63) is 23.9 Å². The zero-order chi connectivity index (χ0) is 16.0. The van der Waals surface area contributed by atoms with Gasteiger partial charge in [-0.1, -0.05) is 19.9 Å². The van der Waals surface area contributed by atoms with Crippen LogP contribution in [0.15, 0.2) is 17.7 Å². The Bertz CT molecular complexity index is 566. The van der Waals surface area contributed by atoms with E-state index in [9.17, 15) is 8.42 Å². The van der Waals surface area contributed by atoms with Crippen LogP contribution in [0, 0.1) is 6.92 Å². The molecule has 8 heteroatoms. The van der Waals surface area contributed by atoms with Gasteiger partial charge in [-0.2, -0.15) is 9.40 Å². The summed E-state index contributed by atoms with van der Waals surface area (Å²) in [5.74, 6) is 0. The third-order valence-corrected chi connectivity index (χ3v) is 4.83. The lowest BCUT2D eigenvalue weighted by Gasteiger charge is -2.19. The van der Waals surface area contributed by atoms with Crippen molar-refractivity contribution in [3.8, 4) is 0 Å². The molecular formula is C13H24N4O3S. The highest BCUT2D eigenvalue weighted by atomic mass is 32.2. The van der Waals surface area contributed by atoms with Crippen LogP contribution < -0.4 is 5.32 Å². The van der Waals surface area contributed by atoms with E-state index in [1.807, 2.05) is 13.8 Å². The third-order valence-electron chi connectivity index (χ3n) is 2.99. The average molecular weight is 316 g/mol. The first-order chi connectivity index (χ1) is 9.84. The van der Waals surface area contributed by atoms with Crippen LogP contribution in [-0.2, 0) is 16.6 Å². The van der Waals surface area contributed by atoms with Gasteiger partial charge in [-0.25, -0.2) is 8.42 Å². The maximum atomic E-state index is 12.6. The average Bonchev–Trinajstić information content (AvgIpc) is 2.78. The fourth-order valence-corrected chi connectivity index (χ4v) is 3.41. The molecule has 21 heavy (non-hydrogen) atoms. The van der Waals surface area contributed by atoms with Gasteiger partial charge in [0.05, 0.1) is 6.61 Å². The van der Waals surface area contributed by atoms with Gasteiger partial charge >= 0.3 is 0 Å². The molecule has 1 heterocycles. The summed E-state index contributed by atoms with van der Waals surface area (Å²) in [5.41, 5.74) is 1.33. The lowest BCUT2D eigenvalue weighted by molar-refractivity contribution is 0.260. The smallest absolute Gasteiger partial charge is 0.263 e. The first-order valence-corrected chi connectivity index (χ1v) is 8.27. The van der Waals surface area contributed by atoms with E-state index in [-0.39, 0.29) is 30.8 Å². The number of H-pyrrole nitrogens is 1. The Morgan fingerprint density at radius 2 is 2.19 bits per heavy atom. The summed E-state index contributed by atoms with van der Waals surface area (Å²) in [5, 5.41) is 18.9. The van der Waals surface area contributed by atoms with E-state index in [4.69, 9.17) is 5.11 Å². The SMILES string of the molecule is C=CCN(CCO)S(=O)(=O)c1n[nH]c(C)c1CNC(C)C. The predicted molar refractivity (Wildman–Crippen MR) is 81.3 cm³/mol. The molecule has 0 radical (unpaired) electrons. The normalized spacial score (nSPS) is 12.3. The minimum absolute atomic E-state index is 0.00319. The Balaban J connectivity index is 3.15. The van der Waals surface area contributed by atoms with Gasteiger partial charge in [0.1, 0.15) is 0 Å². The van der Waals surface area contributed by atoms with Crippen LogP contribution in [0.1, 0.15) is 25.1 Å². The molecule has 3 N–H and O–H groups in total. The van der Waals surface area contributed by atoms with E-state index in [0.29, 0.717) is 17.8 Å². The Hall–Kier alpha value is -1.22. The molecule has 0 aliphatic rings. The standard InChI is InChI=1S/C13H24N4O3S/c1-5-6-17(7-8-18)21(19,20)13-12(9-14-10(2)3)11(4)15-16-13/h5,10,14,18H,1,6-9H2,2-4H3,(H,15,16). The molecule has 1 aromatic rings. The number of aromatic nitrogens is 2. The van der Waals surface area contributed by atoms with Crippen LogP contribution in [0.25, 0.3) is 0 Å². The summed E-state index contributed by atoms with van der Waals surface area (Å²) in [6.45, 7) is 9.61. The first kappa shape index (κ1) is 17.8. The van der Waals surface area contributed by atoms with Crippen LogP contribution in [0.5, 0.6) is 0 Å². The highest BCUT2D eigenvalue weighted by molar-refractivity contribution is 7.89. The van der Waals surface area contributed by atoms with Crippen molar-refractivity contribution < 1.29 is 13.5 Å². The number of aromatic amines is 1. The van der Waals surface area contributed by atoms with E-state index in [1.54, 1.807) is 6.92 Å². The molecule has 0 bridgehead atoms. The number of nitrogens with one attached hydrogen (secondary N) is 2. The van der Waals surface area contributed by atoms with Gasteiger partial charge in [0.25, 0.3) is 10.0 Å². The van der Waals surface area contributed by atoms with Crippen molar-refractivity contribution in [2.45, 2.75) is 38.4 Å². The number of sulfonamides is 1. The van der Waals surface area contributed by atoms with Crippen LogP contribution in [0.2, 0.25) is 0 Å². The van der Waals surface area contributed by atoms with E-state index in [0.717, 1.165) is 4.31 Å². The molecule has 1 rings (SSSR count). The molecular weight excluding hydrogens is 292 g/mol. The lowest BCUT2D eigenvalue weighted by atomic mass is 10.2. The molecule has 1 aromatic heterocycles. The van der Waals surface area contributed by atoms with Crippen molar-refractivity contribution in [1.82, 2.24) is 19.8 Å². The number of aliphatic hydroxyl groups excluding tert-OH is 1. The number of hydrogen-bond donors (Lipinski definition) is 3. The molecule has 0 aromatic carbocycles. The van der Waals surface area contributed by atoms with Gasteiger partial charge < -0.3 is 10.4 Å². The zero-order valence-corrected chi connectivity index (χ0v) is 13.6. The summed E-state index contributed by atoms with van der Waals surface area (Å²) < 4.78 is 26.5. The fraction of sp³-hybridized carbons (Fsp3) is 0.615. The quantitative estimate of drug-likeness (QED) is 0.572. The van der Waals surface area contributed by atoms with Crippen LogP contribution in [0.4, 0.5) is 0 Å². The van der Waals surface area contributed by atoms with Crippen LogP contribution >= 0.6 is 0 Å². The molecule has 0 amide bonds. The van der Waals surface area contributed by atoms with Gasteiger partial charge in [0, 0.05) is 36.9 Å². The van der Waals surface area contributed by atoms with Gasteiger partial charge in [-0.3, -0.25) is 5.10 Å². The molecule has 0 atom stereocenters. The largest absolute Gasteiger partial charge is 0.395 e. The van der Waals surface area contributed by atoms with Crippen molar-refractivity contribution >= 4 is 10.0 Å². The maximum Gasteiger partial charge on any atom is 0.263 e. The summed E-state index contributed by atoms with van der Waals surface area (Å²) in [6.07, 6.45) is 1.48. The lowest BCUT2D eigenvalue weighted by Crippen LogP contribution is -2.35. The number of aryl methyl sites for hydroxylation is 1. The molecule has 0 unspecified atom stereocenters. The predicted octanol–water partition coefficient (Wildman–Crippen LogP) is 0.385. The Morgan fingerprint density at radius 1 is 1.52 bits per heavy atom. The molecule has 0 saturated carbocycles. The molecule has 0 spiro atoms. The van der Waals surface area contributed by atoms with Gasteiger partial charge in [0.2, 0.25) is 0 Å². The Labute approximate surface area is 126 Å². The van der Waals surface area contributed by atoms with E-state index in [2.05, 4.69) is 22.1 Å². The van der Waals surface area contributed by atoms with Crippen molar-refractivity contribution in [1.29, 1.82) is 0 Å². The molecule has 0 fully saturated rings. The summed E-state index contributed by atoms with van der Waals surface area (Å²) in [6, 6.07) is 0.233. The first-order valence-electron chi connectivity index (χ1n) is 6.83. The minimum Gasteiger partial charge on any atom is -0.395 e. The maximum absolute atomic E-state index is 12.6. The monoisotopic (exact) mass is 316 g/mol. The van der Waals surface area contributed by atoms with Gasteiger partial charge in [-0.15, -0.1) is 6.58 Å². The Morgan fingerprint density at radius 3 is 2.71 bits per heavy atom. The number of nitrogens with zero attached hydrogens (tertiary/aromatic N) is 2. The number of aliphatic hydroxyl groups is 1. The van der Waals surface area contributed by atoms with Gasteiger partial charge in [-0.05, 0) is 6.92 Å². The zero-order valence-electron chi connectivity index (χ0n) is 12.8. The van der Waals surface area contributed by atoms with Crippen LogP contribution in [0.3, 0.4) is 0 Å². The van der Waals surface area contributed by atoms with E-state index < -0.39 is 10.0 Å². The molecule has 0 aliphatic carbocycles. The van der Waals surface area contributed by atoms with E-state index in [1.165, 1.54) is 6.08 Å². The molecule has 120 valence electrons. The second-order valence-electron chi connectivity index (χ2n) is 5.04. The fourth-order valence-electron chi connectivity index (χ4n) is 1.85. The summed E-state index contributed by atoms with van der Waals surface area (Å²) >= 11 is 0. The third kappa shape index (κ3) is 4.37. The van der Waals surface area contributed by atoms with E-state index >= 15 is 0 Å². The Kier molecular flexibility index (Phi) is 6.53. The summed E-state index contributed by atoms with van der Waals surface area (Å²) in [4.78, 5) is 0. The summed E-state index contributed by atoms with van der Waals surface area (Å²) in [7, 11) is -3.76. The minimum atomic E-state index is -3.76. The molecule has 0 saturated heterocycles. The topological polar surface area (TPSA) is 98.3 Å². The number of hydrogen-bond acceptors (Lipinski definition) is 5. The van der Waals surface area contributed by atoms with Crippen molar-refractivity contribution in [3.63, 3.8) is 0 Å². The van der Waals surface area contributed by atoms with Crippen molar-refractivity contribution in [2.75, 3.05) is 19.7 Å². The van der Waals surface area contributed by atoms with Gasteiger partial charge in [0.15, 0.2) is 5.03 Å². The highest BCUT2D eigenvalue weighted by Gasteiger charge is 2.29. The molecule has 7 nitrogen and oxygen atoms in total. The number of rotatable bonds is 9. The second-order valence-corrected chi connectivity index (χ2v) is 6.90. The molecule has 0 aliphatic heterocycles. The highest BCUT2D eigenvalue weighted by Crippen LogP contribution is 2.20. The van der Waals surface area contributed by atoms with Crippen molar-refractivity contribution in [2.24, 2.45) is 0 Å².